The fourth-order valence-corrected chi connectivity index (χ4v) is 3.27. The molecule has 3 rings (SSSR count). The molecule has 2 fully saturated rings. The highest BCUT2D eigenvalue weighted by molar-refractivity contribution is 6.35. The number of piperazine rings is 1. The minimum atomic E-state index is -1.01. The Balaban J connectivity index is 1.95. The molecule has 29 heavy (non-hydrogen) atoms. The first-order chi connectivity index (χ1) is 14.0. The SMILES string of the molecule is CC=C1C(=O)N(c2ccc(Cl)cn2)[C@@H](OC(=O)N2CCN(C)CC2)C1=N/C=C\C. The molecular weight excluding hydrogens is 394 g/mol. The van der Waals surface area contributed by atoms with Crippen LogP contribution < -0.4 is 4.90 Å². The number of allylic oxidation sites excluding steroid dienone is 2. The first-order valence-electron chi connectivity index (χ1n) is 9.41. The first-order valence-corrected chi connectivity index (χ1v) is 9.78. The Morgan fingerprint density at radius 1 is 1.28 bits per heavy atom. The van der Waals surface area contributed by atoms with Gasteiger partial charge in [-0.1, -0.05) is 23.8 Å². The number of anilines is 1. The van der Waals surface area contributed by atoms with E-state index < -0.39 is 12.3 Å². The Hall–Kier alpha value is -2.71. The third kappa shape index (κ3) is 4.49. The van der Waals surface area contributed by atoms with Gasteiger partial charge in [-0.15, -0.1) is 0 Å². The molecule has 2 aliphatic heterocycles. The van der Waals surface area contributed by atoms with Crippen molar-refractivity contribution in [3.8, 4) is 0 Å². The third-order valence-electron chi connectivity index (χ3n) is 4.78. The van der Waals surface area contributed by atoms with Crippen LogP contribution in [0.1, 0.15) is 13.8 Å². The van der Waals surface area contributed by atoms with Gasteiger partial charge in [-0.25, -0.2) is 14.7 Å². The van der Waals surface area contributed by atoms with Crippen molar-refractivity contribution in [1.82, 2.24) is 14.8 Å². The zero-order chi connectivity index (χ0) is 21.0. The molecule has 8 nitrogen and oxygen atoms in total. The molecule has 0 unspecified atom stereocenters. The van der Waals surface area contributed by atoms with Gasteiger partial charge >= 0.3 is 6.09 Å². The van der Waals surface area contributed by atoms with Gasteiger partial charge in [-0.2, -0.15) is 0 Å². The van der Waals surface area contributed by atoms with Crippen LogP contribution in [0.25, 0.3) is 0 Å². The summed E-state index contributed by atoms with van der Waals surface area (Å²) in [4.78, 5) is 39.6. The number of carbonyl (C=O) groups is 2. The largest absolute Gasteiger partial charge is 0.419 e. The fourth-order valence-electron chi connectivity index (χ4n) is 3.16. The highest BCUT2D eigenvalue weighted by Crippen LogP contribution is 2.29. The maximum atomic E-state index is 13.1. The van der Waals surface area contributed by atoms with Crippen molar-refractivity contribution in [2.45, 2.75) is 20.1 Å². The second-order valence-electron chi connectivity index (χ2n) is 6.74. The predicted octanol–water partition coefficient (Wildman–Crippen LogP) is 2.71. The van der Waals surface area contributed by atoms with Crippen LogP contribution in [0.15, 0.2) is 47.2 Å². The van der Waals surface area contributed by atoms with E-state index in [1.165, 1.54) is 11.1 Å². The summed E-state index contributed by atoms with van der Waals surface area (Å²) in [5, 5.41) is 0.445. The van der Waals surface area contributed by atoms with Crippen molar-refractivity contribution in [1.29, 1.82) is 0 Å². The second-order valence-corrected chi connectivity index (χ2v) is 7.17. The zero-order valence-electron chi connectivity index (χ0n) is 16.7. The monoisotopic (exact) mass is 417 g/mol. The summed E-state index contributed by atoms with van der Waals surface area (Å²) in [6.07, 6.45) is 4.93. The lowest BCUT2D eigenvalue weighted by atomic mass is 10.2. The van der Waals surface area contributed by atoms with Crippen LogP contribution in [0, 0.1) is 0 Å². The second kappa shape index (κ2) is 9.19. The average molecular weight is 418 g/mol. The van der Waals surface area contributed by atoms with Crippen LogP contribution in [-0.4, -0.2) is 72.0 Å². The van der Waals surface area contributed by atoms with Crippen LogP contribution in [0.4, 0.5) is 10.6 Å². The number of nitrogens with zero attached hydrogens (tertiary/aromatic N) is 5. The molecular formula is C20H24ClN5O3. The molecule has 154 valence electrons. The molecule has 0 N–H and O–H groups in total. The van der Waals surface area contributed by atoms with Crippen molar-refractivity contribution >= 4 is 35.1 Å². The molecule has 1 aromatic heterocycles. The highest BCUT2D eigenvalue weighted by Gasteiger charge is 2.45. The number of aliphatic imine (C=N–C) groups is 1. The number of aromatic nitrogens is 1. The summed E-state index contributed by atoms with van der Waals surface area (Å²) in [6, 6.07) is 3.25. The smallest absolute Gasteiger partial charge is 0.412 e. The molecule has 9 heteroatoms. The van der Waals surface area contributed by atoms with E-state index in [2.05, 4.69) is 14.9 Å². The van der Waals surface area contributed by atoms with E-state index in [4.69, 9.17) is 16.3 Å². The normalized spacial score (nSPS) is 23.6. The Labute approximate surface area is 175 Å². The maximum absolute atomic E-state index is 13.1. The van der Waals surface area contributed by atoms with Gasteiger partial charge in [-0.05, 0) is 33.0 Å². The number of hydrogen-bond donors (Lipinski definition) is 0. The quantitative estimate of drug-likeness (QED) is 0.706. The molecule has 3 heterocycles. The molecule has 1 atom stereocenters. The van der Waals surface area contributed by atoms with Crippen LogP contribution in [-0.2, 0) is 9.53 Å². The van der Waals surface area contributed by atoms with Crippen molar-refractivity contribution in [2.24, 2.45) is 4.99 Å². The van der Waals surface area contributed by atoms with Crippen LogP contribution >= 0.6 is 11.6 Å². The molecule has 1 aromatic rings. The molecule has 0 saturated carbocycles. The molecule has 2 saturated heterocycles. The molecule has 0 bridgehead atoms. The van der Waals surface area contributed by atoms with Crippen molar-refractivity contribution in [3.63, 3.8) is 0 Å². The summed E-state index contributed by atoms with van der Waals surface area (Å²) in [7, 11) is 2.01. The van der Waals surface area contributed by atoms with Crippen LogP contribution in [0.3, 0.4) is 0 Å². The molecule has 0 aliphatic carbocycles. The molecule has 0 aromatic carbocycles. The number of rotatable bonds is 3. The number of likely N-dealkylation sites (N-methyl/N-ethyl adjacent to an activating group) is 1. The van der Waals surface area contributed by atoms with Gasteiger partial charge in [0.15, 0.2) is 0 Å². The summed E-state index contributed by atoms with van der Waals surface area (Å²) >= 11 is 5.94. The number of hydrogen-bond acceptors (Lipinski definition) is 6. The molecule has 0 spiro atoms. The van der Waals surface area contributed by atoms with E-state index in [-0.39, 0.29) is 5.91 Å². The summed E-state index contributed by atoms with van der Waals surface area (Å²) in [5.74, 6) is 0.00218. The maximum Gasteiger partial charge on any atom is 0.412 e. The topological polar surface area (TPSA) is 78.3 Å². The third-order valence-corrected chi connectivity index (χ3v) is 5.00. The Morgan fingerprint density at radius 3 is 2.59 bits per heavy atom. The predicted molar refractivity (Wildman–Crippen MR) is 112 cm³/mol. The molecule has 2 amide bonds. The van der Waals surface area contributed by atoms with E-state index in [1.54, 1.807) is 42.3 Å². The number of amides is 2. The first kappa shape index (κ1) is 21.0. The minimum absolute atomic E-state index is 0.332. The molecule has 0 radical (unpaired) electrons. The van der Waals surface area contributed by atoms with E-state index in [0.717, 1.165) is 13.1 Å². The standard InChI is InChI=1S/C20H24ClN5O3/c1-4-8-22-17-15(5-2)18(27)26(16-7-6-14(21)13-23-16)19(17)29-20(28)25-11-9-24(3)10-12-25/h4-8,13,19H,9-12H2,1-3H3/b8-4-,15-5?,22-17?/t19-/m0/s1. The number of pyridine rings is 1. The van der Waals surface area contributed by atoms with E-state index >= 15 is 0 Å². The van der Waals surface area contributed by atoms with Crippen molar-refractivity contribution < 1.29 is 14.3 Å². The van der Waals surface area contributed by atoms with Crippen molar-refractivity contribution in [3.05, 3.63) is 47.3 Å². The van der Waals surface area contributed by atoms with Gasteiger partial charge in [0.2, 0.25) is 6.23 Å². The Bertz CT molecular complexity index is 857. The van der Waals surface area contributed by atoms with E-state index in [0.29, 0.717) is 35.2 Å². The lowest BCUT2D eigenvalue weighted by molar-refractivity contribution is -0.115. The molecule has 2 aliphatic rings. The van der Waals surface area contributed by atoms with Gasteiger partial charge in [0, 0.05) is 38.6 Å². The van der Waals surface area contributed by atoms with E-state index in [1.807, 2.05) is 14.0 Å². The summed E-state index contributed by atoms with van der Waals surface area (Å²) < 4.78 is 5.79. The van der Waals surface area contributed by atoms with Gasteiger partial charge in [0.05, 0.1) is 10.6 Å². The number of halogens is 1. The van der Waals surface area contributed by atoms with Crippen molar-refractivity contribution in [2.75, 3.05) is 38.1 Å². The van der Waals surface area contributed by atoms with E-state index in [9.17, 15) is 9.59 Å². The number of carbonyl (C=O) groups excluding carboxylic acids is 2. The van der Waals surface area contributed by atoms with Crippen LogP contribution in [0.2, 0.25) is 5.02 Å². The lowest BCUT2D eigenvalue weighted by Gasteiger charge is -2.33. The summed E-state index contributed by atoms with van der Waals surface area (Å²) in [5.41, 5.74) is 0.742. The van der Waals surface area contributed by atoms with Gasteiger partial charge in [-0.3, -0.25) is 9.79 Å². The fraction of sp³-hybridized carbons (Fsp3) is 0.400. The lowest BCUT2D eigenvalue weighted by Crippen LogP contribution is -2.50. The minimum Gasteiger partial charge on any atom is -0.419 e. The van der Waals surface area contributed by atoms with Crippen LogP contribution in [0.5, 0.6) is 0 Å². The number of ether oxygens (including phenoxy) is 1. The van der Waals surface area contributed by atoms with Gasteiger partial charge in [0.25, 0.3) is 5.91 Å². The highest BCUT2D eigenvalue weighted by atomic mass is 35.5. The van der Waals surface area contributed by atoms with Gasteiger partial charge in [0.1, 0.15) is 11.5 Å². The zero-order valence-corrected chi connectivity index (χ0v) is 17.5. The Kier molecular flexibility index (Phi) is 6.66. The van der Waals surface area contributed by atoms with Gasteiger partial charge < -0.3 is 14.5 Å². The Morgan fingerprint density at radius 2 is 2.00 bits per heavy atom. The summed E-state index contributed by atoms with van der Waals surface area (Å²) in [6.45, 7) is 6.22. The average Bonchev–Trinajstić information content (AvgIpc) is 2.97.